The van der Waals surface area contributed by atoms with Gasteiger partial charge in [-0.05, 0) is 61.4 Å². The van der Waals surface area contributed by atoms with Gasteiger partial charge >= 0.3 is 12.1 Å². The number of benzene rings is 1. The van der Waals surface area contributed by atoms with Crippen molar-refractivity contribution in [1.29, 1.82) is 0 Å². The van der Waals surface area contributed by atoms with Gasteiger partial charge < -0.3 is 14.6 Å². The molecule has 0 bridgehead atoms. The molecular weight excluding hydrogens is 566 g/mol. The minimum absolute atomic E-state index is 0.126. The Balaban J connectivity index is 1.35. The second-order valence-corrected chi connectivity index (χ2v) is 12.1. The minimum atomic E-state index is -4.44. The standard InChI is InChI=1S/C29H32Cl2F3N3O3/c1-15-8-18(29(32,33)34)12-24-21(15)13-19(35(24)3)14-22-23(30)9-16(2)25(26(22)31)27(38)37-6-4-36(5-7-37)20-10-17(11-20)28(39)40/h8,12-13,16-17,20H,4-7,9-11,14H2,1-3H3,(H,39,40). The van der Waals surface area contributed by atoms with Crippen molar-refractivity contribution in [3.63, 3.8) is 0 Å². The van der Waals surface area contributed by atoms with Gasteiger partial charge in [-0.3, -0.25) is 14.5 Å². The van der Waals surface area contributed by atoms with E-state index in [1.54, 1.807) is 23.4 Å². The summed E-state index contributed by atoms with van der Waals surface area (Å²) in [7, 11) is 1.72. The smallest absolute Gasteiger partial charge is 0.416 e. The molecule has 1 N–H and O–H groups in total. The highest BCUT2D eigenvalue weighted by molar-refractivity contribution is 6.37. The van der Waals surface area contributed by atoms with Gasteiger partial charge in [0.15, 0.2) is 0 Å². The number of rotatable bonds is 5. The van der Waals surface area contributed by atoms with Crippen LogP contribution in [0.3, 0.4) is 0 Å². The highest BCUT2D eigenvalue weighted by Crippen LogP contribution is 2.42. The molecule has 1 aliphatic heterocycles. The van der Waals surface area contributed by atoms with Crippen LogP contribution >= 0.6 is 23.2 Å². The van der Waals surface area contributed by atoms with Crippen LogP contribution in [0.25, 0.3) is 10.9 Å². The third-order valence-electron chi connectivity index (χ3n) is 8.77. The third kappa shape index (κ3) is 5.28. The monoisotopic (exact) mass is 597 g/mol. The molecular formula is C29H32Cl2F3N3O3. The van der Waals surface area contributed by atoms with Gasteiger partial charge in [0.25, 0.3) is 5.91 Å². The number of carboxylic acid groups (broad SMARTS) is 1. The molecule has 216 valence electrons. The quantitative estimate of drug-likeness (QED) is 0.453. The first-order valence-corrected chi connectivity index (χ1v) is 14.2. The molecule has 1 unspecified atom stereocenters. The van der Waals surface area contributed by atoms with Crippen molar-refractivity contribution < 1.29 is 27.9 Å². The number of nitrogens with zero attached hydrogens (tertiary/aromatic N) is 3. The van der Waals surface area contributed by atoms with E-state index < -0.39 is 17.7 Å². The number of aryl methyl sites for hydroxylation is 2. The van der Waals surface area contributed by atoms with Crippen molar-refractivity contribution in [2.75, 3.05) is 26.2 Å². The number of halogens is 5. The first-order valence-electron chi connectivity index (χ1n) is 13.5. The lowest BCUT2D eigenvalue weighted by Crippen LogP contribution is -2.56. The van der Waals surface area contributed by atoms with E-state index in [9.17, 15) is 22.8 Å². The Morgan fingerprint density at radius 2 is 1.73 bits per heavy atom. The summed E-state index contributed by atoms with van der Waals surface area (Å²) in [4.78, 5) is 28.9. The molecule has 5 rings (SSSR count). The van der Waals surface area contributed by atoms with E-state index in [0.29, 0.717) is 77.7 Å². The van der Waals surface area contributed by atoms with Gasteiger partial charge in [-0.25, -0.2) is 0 Å². The summed E-state index contributed by atoms with van der Waals surface area (Å²) in [6.45, 7) is 6.01. The van der Waals surface area contributed by atoms with Crippen molar-refractivity contribution in [2.24, 2.45) is 18.9 Å². The fourth-order valence-electron chi connectivity index (χ4n) is 6.20. The Bertz CT molecular complexity index is 1430. The molecule has 2 aromatic rings. The van der Waals surface area contributed by atoms with Crippen LogP contribution in [0.4, 0.5) is 13.2 Å². The van der Waals surface area contributed by atoms with Crippen molar-refractivity contribution >= 4 is 46.0 Å². The fourth-order valence-corrected chi connectivity index (χ4v) is 7.08. The molecule has 0 spiro atoms. The van der Waals surface area contributed by atoms with E-state index in [1.807, 2.05) is 13.0 Å². The predicted octanol–water partition coefficient (Wildman–Crippen LogP) is 6.08. The Morgan fingerprint density at radius 3 is 2.33 bits per heavy atom. The van der Waals surface area contributed by atoms with Crippen molar-refractivity contribution in [2.45, 2.75) is 51.7 Å². The lowest BCUT2D eigenvalue weighted by molar-refractivity contribution is -0.147. The van der Waals surface area contributed by atoms with Crippen LogP contribution in [-0.4, -0.2) is 63.6 Å². The molecule has 2 fully saturated rings. The Labute approximate surface area is 241 Å². The largest absolute Gasteiger partial charge is 0.481 e. The molecule has 1 saturated carbocycles. The molecule has 1 aromatic heterocycles. The first-order chi connectivity index (χ1) is 18.8. The molecule has 0 radical (unpaired) electrons. The third-order valence-corrected chi connectivity index (χ3v) is 9.59. The number of allylic oxidation sites excluding steroid dienone is 3. The van der Waals surface area contributed by atoms with Crippen LogP contribution < -0.4 is 0 Å². The summed E-state index contributed by atoms with van der Waals surface area (Å²) >= 11 is 13.6. The molecule has 2 heterocycles. The van der Waals surface area contributed by atoms with Crippen LogP contribution in [0.15, 0.2) is 39.4 Å². The zero-order chi connectivity index (χ0) is 29.1. The number of amides is 1. The van der Waals surface area contributed by atoms with E-state index in [2.05, 4.69) is 4.90 Å². The number of fused-ring (bicyclic) bond motifs is 1. The maximum Gasteiger partial charge on any atom is 0.416 e. The van der Waals surface area contributed by atoms with Crippen molar-refractivity contribution in [1.82, 2.24) is 14.4 Å². The zero-order valence-corrected chi connectivity index (χ0v) is 24.1. The number of alkyl halides is 3. The van der Waals surface area contributed by atoms with Gasteiger partial charge in [0.2, 0.25) is 0 Å². The average Bonchev–Trinajstić information content (AvgIpc) is 3.16. The number of carbonyl (C=O) groups is 2. The number of hydrogen-bond acceptors (Lipinski definition) is 3. The molecule has 3 aliphatic rings. The first kappa shape index (κ1) is 29.0. The maximum atomic E-state index is 13.7. The van der Waals surface area contributed by atoms with Crippen LogP contribution in [-0.2, 0) is 29.2 Å². The second kappa shape index (κ2) is 10.7. The van der Waals surface area contributed by atoms with Gasteiger partial charge in [-0.2, -0.15) is 13.2 Å². The zero-order valence-electron chi connectivity index (χ0n) is 22.6. The molecule has 40 heavy (non-hydrogen) atoms. The van der Waals surface area contributed by atoms with Crippen LogP contribution in [0.2, 0.25) is 0 Å². The number of carbonyl (C=O) groups excluding carboxylic acids is 1. The van der Waals surface area contributed by atoms with E-state index >= 15 is 0 Å². The lowest BCUT2D eigenvalue weighted by atomic mass is 9.79. The summed E-state index contributed by atoms with van der Waals surface area (Å²) in [6, 6.07) is 4.42. The molecule has 1 atom stereocenters. The van der Waals surface area contributed by atoms with Crippen LogP contribution in [0.5, 0.6) is 0 Å². The van der Waals surface area contributed by atoms with E-state index in [4.69, 9.17) is 28.3 Å². The molecule has 6 nitrogen and oxygen atoms in total. The maximum absolute atomic E-state index is 13.7. The molecule has 2 aliphatic carbocycles. The Hall–Kier alpha value is -2.49. The second-order valence-electron chi connectivity index (χ2n) is 11.3. The van der Waals surface area contributed by atoms with E-state index in [-0.39, 0.29) is 30.2 Å². The van der Waals surface area contributed by atoms with Gasteiger partial charge in [-0.1, -0.05) is 30.1 Å². The van der Waals surface area contributed by atoms with Crippen LogP contribution in [0, 0.1) is 18.8 Å². The molecule has 1 saturated heterocycles. The SMILES string of the molecule is Cc1cc(C(F)(F)F)cc2c1cc(CC1=C(Cl)CC(C)C(C(=O)N3CCN(C4CC(C(=O)O)C4)CC3)=C1Cl)n2C. The van der Waals surface area contributed by atoms with Gasteiger partial charge in [0.1, 0.15) is 0 Å². The van der Waals surface area contributed by atoms with Crippen molar-refractivity contribution in [3.8, 4) is 0 Å². The fraction of sp³-hybridized carbons (Fsp3) is 0.517. The van der Waals surface area contributed by atoms with Gasteiger partial charge in [0, 0.05) is 72.9 Å². The number of aromatic nitrogens is 1. The normalized spacial score (nSPS) is 24.6. The number of hydrogen-bond donors (Lipinski definition) is 1. The lowest BCUT2D eigenvalue weighted by Gasteiger charge is -2.45. The van der Waals surface area contributed by atoms with E-state index in [0.717, 1.165) is 23.2 Å². The summed E-state index contributed by atoms with van der Waals surface area (Å²) in [5.41, 5.74) is 2.19. The summed E-state index contributed by atoms with van der Waals surface area (Å²) in [6.07, 6.45) is -2.41. The highest BCUT2D eigenvalue weighted by atomic mass is 35.5. The Morgan fingerprint density at radius 1 is 1.07 bits per heavy atom. The van der Waals surface area contributed by atoms with Gasteiger partial charge in [-0.15, -0.1) is 0 Å². The minimum Gasteiger partial charge on any atom is -0.481 e. The van der Waals surface area contributed by atoms with E-state index in [1.165, 1.54) is 0 Å². The predicted molar refractivity (Wildman–Crippen MR) is 148 cm³/mol. The summed E-state index contributed by atoms with van der Waals surface area (Å²) in [5.74, 6) is -1.32. The topological polar surface area (TPSA) is 65.8 Å². The average molecular weight is 598 g/mol. The molecule has 11 heteroatoms. The summed E-state index contributed by atoms with van der Waals surface area (Å²) < 4.78 is 42.0. The van der Waals surface area contributed by atoms with Gasteiger partial charge in [0.05, 0.1) is 16.5 Å². The number of carboxylic acids is 1. The molecule has 1 amide bonds. The number of piperazine rings is 1. The highest BCUT2D eigenvalue weighted by Gasteiger charge is 2.40. The number of aliphatic carboxylic acids is 1. The Kier molecular flexibility index (Phi) is 7.78. The molecule has 1 aromatic carbocycles. The summed E-state index contributed by atoms with van der Waals surface area (Å²) in [5, 5.41) is 10.7. The van der Waals surface area contributed by atoms with Crippen LogP contribution in [0.1, 0.15) is 43.0 Å². The van der Waals surface area contributed by atoms with Crippen molar-refractivity contribution in [3.05, 3.63) is 56.2 Å².